The number of rotatable bonds is 6. The van der Waals surface area contributed by atoms with Crippen LogP contribution in [-0.4, -0.2) is 18.1 Å². The van der Waals surface area contributed by atoms with Gasteiger partial charge in [-0.25, -0.2) is 0 Å². The topological polar surface area (TPSA) is 28.2 Å². The molecule has 2 aromatic rings. The maximum atomic E-state index is 4.32. The lowest BCUT2D eigenvalue weighted by Gasteiger charge is -2.26. The Morgan fingerprint density at radius 1 is 1.42 bits per heavy atom. The number of thiophene rings is 1. The van der Waals surface area contributed by atoms with Gasteiger partial charge < -0.3 is 10.2 Å². The van der Waals surface area contributed by atoms with E-state index in [2.05, 4.69) is 38.8 Å². The van der Waals surface area contributed by atoms with Crippen LogP contribution < -0.4 is 10.2 Å². The van der Waals surface area contributed by atoms with Gasteiger partial charge in [0, 0.05) is 23.7 Å². The zero-order valence-corrected chi connectivity index (χ0v) is 12.0. The first-order valence-electron chi connectivity index (χ1n) is 6.75. The van der Waals surface area contributed by atoms with Crippen LogP contribution in [0.4, 0.5) is 5.69 Å². The van der Waals surface area contributed by atoms with Crippen molar-refractivity contribution in [1.29, 1.82) is 0 Å². The van der Waals surface area contributed by atoms with Crippen LogP contribution in [0.25, 0.3) is 0 Å². The van der Waals surface area contributed by atoms with Crippen LogP contribution in [0.5, 0.6) is 0 Å². The Labute approximate surface area is 118 Å². The molecule has 100 valence electrons. The third-order valence-electron chi connectivity index (χ3n) is 3.46. The maximum Gasteiger partial charge on any atom is 0.0604 e. The van der Waals surface area contributed by atoms with E-state index in [9.17, 15) is 0 Å². The molecule has 3 rings (SSSR count). The molecule has 0 aliphatic heterocycles. The van der Waals surface area contributed by atoms with Gasteiger partial charge in [-0.2, -0.15) is 0 Å². The van der Waals surface area contributed by atoms with E-state index in [1.807, 2.05) is 30.8 Å². The number of nitrogens with zero attached hydrogens (tertiary/aromatic N) is 2. The van der Waals surface area contributed by atoms with Gasteiger partial charge in [-0.1, -0.05) is 6.07 Å². The normalized spacial score (nSPS) is 14.6. The highest BCUT2D eigenvalue weighted by Gasteiger charge is 2.30. The molecule has 0 radical (unpaired) electrons. The molecular weight excluding hydrogens is 254 g/mol. The molecule has 19 heavy (non-hydrogen) atoms. The summed E-state index contributed by atoms with van der Waals surface area (Å²) >= 11 is 1.83. The quantitative estimate of drug-likeness (QED) is 0.877. The van der Waals surface area contributed by atoms with Gasteiger partial charge in [0.15, 0.2) is 0 Å². The molecule has 1 fully saturated rings. The van der Waals surface area contributed by atoms with Crippen molar-refractivity contribution in [3.63, 3.8) is 0 Å². The molecule has 0 atom stereocenters. The van der Waals surface area contributed by atoms with Crippen LogP contribution in [0.2, 0.25) is 0 Å². The first-order chi connectivity index (χ1) is 9.38. The van der Waals surface area contributed by atoms with Crippen molar-refractivity contribution in [1.82, 2.24) is 10.3 Å². The smallest absolute Gasteiger partial charge is 0.0604 e. The molecule has 1 saturated carbocycles. The first-order valence-corrected chi connectivity index (χ1v) is 7.63. The summed E-state index contributed by atoms with van der Waals surface area (Å²) in [6, 6.07) is 7.16. The Bertz CT molecular complexity index is 520. The van der Waals surface area contributed by atoms with Crippen LogP contribution in [0.15, 0.2) is 36.0 Å². The number of pyridine rings is 1. The summed E-state index contributed by atoms with van der Waals surface area (Å²) < 4.78 is 0. The fourth-order valence-corrected chi connectivity index (χ4v) is 3.08. The van der Waals surface area contributed by atoms with E-state index in [0.717, 1.165) is 13.1 Å². The third-order valence-corrected chi connectivity index (χ3v) is 4.32. The maximum absolute atomic E-state index is 4.32. The fourth-order valence-electron chi connectivity index (χ4n) is 2.38. The van der Waals surface area contributed by atoms with Crippen molar-refractivity contribution in [2.45, 2.75) is 32.0 Å². The number of hydrogen-bond donors (Lipinski definition) is 1. The van der Waals surface area contributed by atoms with E-state index in [1.54, 1.807) is 0 Å². The van der Waals surface area contributed by atoms with E-state index in [1.165, 1.54) is 29.0 Å². The molecule has 0 spiro atoms. The van der Waals surface area contributed by atoms with Crippen LogP contribution in [0.1, 0.15) is 23.3 Å². The monoisotopic (exact) mass is 273 g/mol. The zero-order valence-electron chi connectivity index (χ0n) is 11.2. The van der Waals surface area contributed by atoms with Gasteiger partial charge in [-0.15, -0.1) is 11.3 Å². The largest absolute Gasteiger partial charge is 0.362 e. The van der Waals surface area contributed by atoms with Gasteiger partial charge in [0.25, 0.3) is 0 Å². The second kappa shape index (κ2) is 5.72. The lowest BCUT2D eigenvalue weighted by molar-refractivity contribution is 0.766. The predicted octanol–water partition coefficient (Wildman–Crippen LogP) is 3.03. The summed E-state index contributed by atoms with van der Waals surface area (Å²) in [6.07, 6.45) is 6.50. The molecule has 0 aromatic carbocycles. The molecule has 0 bridgehead atoms. The van der Waals surface area contributed by atoms with Gasteiger partial charge in [0.05, 0.1) is 18.4 Å². The van der Waals surface area contributed by atoms with Crippen LogP contribution in [0.3, 0.4) is 0 Å². The van der Waals surface area contributed by atoms with Gasteiger partial charge in [-0.05, 0) is 43.0 Å². The second-order valence-electron chi connectivity index (χ2n) is 4.97. The minimum Gasteiger partial charge on any atom is -0.362 e. The van der Waals surface area contributed by atoms with Crippen molar-refractivity contribution in [2.75, 3.05) is 11.9 Å². The Balaban J connectivity index is 1.87. The van der Waals surface area contributed by atoms with E-state index in [-0.39, 0.29) is 0 Å². The van der Waals surface area contributed by atoms with Crippen LogP contribution in [-0.2, 0) is 13.1 Å². The van der Waals surface area contributed by atoms with Gasteiger partial charge in [0.2, 0.25) is 0 Å². The molecule has 0 amide bonds. The van der Waals surface area contributed by atoms with Gasteiger partial charge in [-0.3, -0.25) is 4.98 Å². The number of hydrogen-bond acceptors (Lipinski definition) is 4. The molecular formula is C15H19N3S. The number of anilines is 1. The highest BCUT2D eigenvalue weighted by molar-refractivity contribution is 7.09. The van der Waals surface area contributed by atoms with Crippen molar-refractivity contribution in [3.8, 4) is 0 Å². The third kappa shape index (κ3) is 2.96. The minimum atomic E-state index is 0.696. The summed E-state index contributed by atoms with van der Waals surface area (Å²) in [5.74, 6) is 0. The van der Waals surface area contributed by atoms with Gasteiger partial charge >= 0.3 is 0 Å². The highest BCUT2D eigenvalue weighted by Crippen LogP contribution is 2.35. The van der Waals surface area contributed by atoms with Crippen molar-refractivity contribution < 1.29 is 0 Å². The average Bonchev–Trinajstić information content (AvgIpc) is 3.15. The van der Waals surface area contributed by atoms with E-state index in [0.29, 0.717) is 6.04 Å². The lowest BCUT2D eigenvalue weighted by Crippen LogP contribution is -2.26. The zero-order chi connectivity index (χ0) is 13.1. The summed E-state index contributed by atoms with van der Waals surface area (Å²) in [5, 5.41) is 5.40. The van der Waals surface area contributed by atoms with Crippen LogP contribution in [0, 0.1) is 0 Å². The van der Waals surface area contributed by atoms with E-state index < -0.39 is 0 Å². The number of nitrogens with one attached hydrogen (secondary N) is 1. The average molecular weight is 273 g/mol. The molecule has 2 aromatic heterocycles. The standard InChI is InChI=1S/C15H19N3S/c1-16-9-12-6-7-17-10-15(12)18(13-4-5-13)11-14-3-2-8-19-14/h2-3,6-8,10,13,16H,4-5,9,11H2,1H3. The molecule has 2 heterocycles. The van der Waals surface area contributed by atoms with Gasteiger partial charge in [0.1, 0.15) is 0 Å². The minimum absolute atomic E-state index is 0.696. The Morgan fingerprint density at radius 2 is 2.32 bits per heavy atom. The van der Waals surface area contributed by atoms with E-state index >= 15 is 0 Å². The first kappa shape index (κ1) is 12.6. The summed E-state index contributed by atoms with van der Waals surface area (Å²) in [5.41, 5.74) is 2.62. The summed E-state index contributed by atoms with van der Waals surface area (Å²) in [4.78, 5) is 8.26. The number of aromatic nitrogens is 1. The second-order valence-corrected chi connectivity index (χ2v) is 6.01. The highest BCUT2D eigenvalue weighted by atomic mass is 32.1. The van der Waals surface area contributed by atoms with E-state index in [4.69, 9.17) is 0 Å². The van der Waals surface area contributed by atoms with Crippen molar-refractivity contribution >= 4 is 17.0 Å². The summed E-state index contributed by atoms with van der Waals surface area (Å²) in [7, 11) is 1.99. The summed E-state index contributed by atoms with van der Waals surface area (Å²) in [6.45, 7) is 1.90. The van der Waals surface area contributed by atoms with Crippen molar-refractivity contribution in [3.05, 3.63) is 46.4 Å². The molecule has 1 aliphatic rings. The Kier molecular flexibility index (Phi) is 3.80. The van der Waals surface area contributed by atoms with Crippen LogP contribution >= 0.6 is 11.3 Å². The molecule has 1 N–H and O–H groups in total. The fraction of sp³-hybridized carbons (Fsp3) is 0.400. The SMILES string of the molecule is CNCc1ccncc1N(Cc1cccs1)C1CC1. The molecule has 3 nitrogen and oxygen atoms in total. The Hall–Kier alpha value is -1.39. The molecule has 0 unspecified atom stereocenters. The predicted molar refractivity (Wildman–Crippen MR) is 80.5 cm³/mol. The lowest BCUT2D eigenvalue weighted by atomic mass is 10.2. The molecule has 0 saturated heterocycles. The Morgan fingerprint density at radius 3 is 3.00 bits per heavy atom. The van der Waals surface area contributed by atoms with Crippen molar-refractivity contribution in [2.24, 2.45) is 0 Å². The molecule has 1 aliphatic carbocycles. The molecule has 4 heteroatoms.